The summed E-state index contributed by atoms with van der Waals surface area (Å²) in [5.74, 6) is 0.506. The molecule has 2 N–H and O–H groups in total. The molecule has 182 valence electrons. The Labute approximate surface area is 203 Å². The first kappa shape index (κ1) is 23.6. The number of piperazine rings is 1. The SMILES string of the molecule is Cc1nc2cc(OC[C@H](O)CN3CCN(C[C@@H]4CO[C@H](c5ccc(F)cc5)N4)CC3)ccc2s1. The maximum Gasteiger partial charge on any atom is 0.134 e. The van der Waals surface area contributed by atoms with Crippen LogP contribution in [0.1, 0.15) is 16.8 Å². The van der Waals surface area contributed by atoms with Crippen LogP contribution >= 0.6 is 11.3 Å². The molecule has 0 spiro atoms. The van der Waals surface area contributed by atoms with Crippen molar-refractivity contribution in [2.75, 3.05) is 52.5 Å². The summed E-state index contributed by atoms with van der Waals surface area (Å²) in [6.45, 7) is 8.15. The Morgan fingerprint density at radius 3 is 2.74 bits per heavy atom. The number of aromatic nitrogens is 1. The highest BCUT2D eigenvalue weighted by Crippen LogP contribution is 2.26. The third-order valence-electron chi connectivity index (χ3n) is 6.34. The number of benzene rings is 2. The van der Waals surface area contributed by atoms with Crippen LogP contribution in [0.2, 0.25) is 0 Å². The third kappa shape index (κ3) is 5.91. The quantitative estimate of drug-likeness (QED) is 0.507. The van der Waals surface area contributed by atoms with E-state index in [2.05, 4.69) is 20.1 Å². The van der Waals surface area contributed by atoms with Crippen molar-refractivity contribution in [3.05, 3.63) is 58.9 Å². The van der Waals surface area contributed by atoms with Crippen molar-refractivity contribution < 1.29 is 19.0 Å². The van der Waals surface area contributed by atoms with E-state index in [-0.39, 0.29) is 24.7 Å². The van der Waals surface area contributed by atoms with Crippen molar-refractivity contribution in [2.45, 2.75) is 25.3 Å². The molecule has 2 fully saturated rings. The van der Waals surface area contributed by atoms with E-state index in [1.54, 1.807) is 23.5 Å². The molecule has 3 heterocycles. The van der Waals surface area contributed by atoms with Gasteiger partial charge >= 0.3 is 0 Å². The number of hydrogen-bond donors (Lipinski definition) is 2. The van der Waals surface area contributed by atoms with Crippen molar-refractivity contribution in [3.8, 4) is 5.75 Å². The molecule has 0 saturated carbocycles. The fourth-order valence-corrected chi connectivity index (χ4v) is 5.39. The second kappa shape index (κ2) is 10.6. The van der Waals surface area contributed by atoms with Gasteiger partial charge in [0.05, 0.1) is 21.8 Å². The normalized spacial score (nSPS) is 22.9. The predicted molar refractivity (Wildman–Crippen MR) is 131 cm³/mol. The summed E-state index contributed by atoms with van der Waals surface area (Å²) in [5.41, 5.74) is 1.89. The fourth-order valence-electron chi connectivity index (χ4n) is 4.58. The van der Waals surface area contributed by atoms with Crippen LogP contribution < -0.4 is 10.1 Å². The number of β-amino-alcohol motifs (C(OH)–C–C–N with tert-alkyl or cyclic N) is 1. The number of ether oxygens (including phenoxy) is 2. The summed E-state index contributed by atoms with van der Waals surface area (Å²) in [7, 11) is 0. The maximum absolute atomic E-state index is 13.1. The highest BCUT2D eigenvalue weighted by molar-refractivity contribution is 7.18. The molecule has 0 amide bonds. The average Bonchev–Trinajstić information content (AvgIpc) is 3.44. The topological polar surface area (TPSA) is 70.1 Å². The van der Waals surface area contributed by atoms with Crippen molar-refractivity contribution in [1.29, 1.82) is 0 Å². The number of fused-ring (bicyclic) bond motifs is 1. The lowest BCUT2D eigenvalue weighted by Crippen LogP contribution is -2.52. The van der Waals surface area contributed by atoms with E-state index in [0.717, 1.165) is 59.3 Å². The monoisotopic (exact) mass is 486 g/mol. The van der Waals surface area contributed by atoms with Crippen LogP contribution in [0.25, 0.3) is 10.2 Å². The molecule has 0 aliphatic carbocycles. The molecular formula is C25H31FN4O3S. The predicted octanol–water partition coefficient (Wildman–Crippen LogP) is 2.79. The fraction of sp³-hybridized carbons (Fsp3) is 0.480. The minimum atomic E-state index is -0.541. The first-order chi connectivity index (χ1) is 16.5. The molecule has 34 heavy (non-hydrogen) atoms. The zero-order valence-corrected chi connectivity index (χ0v) is 20.1. The van der Waals surface area contributed by atoms with E-state index >= 15 is 0 Å². The third-order valence-corrected chi connectivity index (χ3v) is 7.30. The first-order valence-electron chi connectivity index (χ1n) is 11.8. The number of nitrogens with zero attached hydrogens (tertiary/aromatic N) is 3. The van der Waals surface area contributed by atoms with Gasteiger partial charge < -0.3 is 14.6 Å². The molecule has 5 rings (SSSR count). The number of aryl methyl sites for hydroxylation is 1. The summed E-state index contributed by atoms with van der Waals surface area (Å²) in [5, 5.41) is 15.0. The van der Waals surface area contributed by atoms with Crippen LogP contribution in [-0.4, -0.2) is 84.5 Å². The number of aliphatic hydroxyl groups excluding tert-OH is 1. The van der Waals surface area contributed by atoms with Gasteiger partial charge in [0.25, 0.3) is 0 Å². The summed E-state index contributed by atoms with van der Waals surface area (Å²) in [4.78, 5) is 9.22. The summed E-state index contributed by atoms with van der Waals surface area (Å²) >= 11 is 1.67. The minimum absolute atomic E-state index is 0.178. The molecule has 2 aliphatic heterocycles. The smallest absolute Gasteiger partial charge is 0.134 e. The number of halogens is 1. The average molecular weight is 487 g/mol. The first-order valence-corrected chi connectivity index (χ1v) is 12.6. The Bertz CT molecular complexity index is 1090. The van der Waals surface area contributed by atoms with Gasteiger partial charge in [-0.05, 0) is 36.8 Å². The molecule has 9 heteroatoms. The zero-order chi connectivity index (χ0) is 23.5. The molecule has 7 nitrogen and oxygen atoms in total. The highest BCUT2D eigenvalue weighted by Gasteiger charge is 2.28. The molecule has 2 aliphatic rings. The van der Waals surface area contributed by atoms with Gasteiger partial charge in [0, 0.05) is 51.4 Å². The van der Waals surface area contributed by atoms with Crippen LogP contribution in [0.5, 0.6) is 5.75 Å². The summed E-state index contributed by atoms with van der Waals surface area (Å²) < 4.78 is 26.0. The zero-order valence-electron chi connectivity index (χ0n) is 19.3. The van der Waals surface area contributed by atoms with Gasteiger partial charge in [-0.3, -0.25) is 15.1 Å². The number of aliphatic hydroxyl groups is 1. The lowest BCUT2D eigenvalue weighted by molar-refractivity contribution is 0.0443. The molecule has 0 unspecified atom stereocenters. The maximum atomic E-state index is 13.1. The minimum Gasteiger partial charge on any atom is -0.491 e. The number of nitrogens with one attached hydrogen (secondary N) is 1. The van der Waals surface area contributed by atoms with E-state index in [4.69, 9.17) is 9.47 Å². The van der Waals surface area contributed by atoms with Crippen LogP contribution in [0.4, 0.5) is 4.39 Å². The Balaban J connectivity index is 1.01. The van der Waals surface area contributed by atoms with E-state index in [1.165, 1.54) is 12.1 Å². The number of hydrogen-bond acceptors (Lipinski definition) is 8. The second-order valence-corrected chi connectivity index (χ2v) is 10.3. The van der Waals surface area contributed by atoms with Crippen LogP contribution in [0, 0.1) is 12.7 Å². The molecule has 0 radical (unpaired) electrons. The largest absolute Gasteiger partial charge is 0.491 e. The summed E-state index contributed by atoms with van der Waals surface area (Å²) in [6, 6.07) is 12.6. The molecule has 1 aromatic heterocycles. The van der Waals surface area contributed by atoms with Gasteiger partial charge in [0.15, 0.2) is 0 Å². The Morgan fingerprint density at radius 1 is 1.18 bits per heavy atom. The van der Waals surface area contributed by atoms with Crippen LogP contribution in [0.15, 0.2) is 42.5 Å². The van der Waals surface area contributed by atoms with Crippen molar-refractivity contribution in [3.63, 3.8) is 0 Å². The van der Waals surface area contributed by atoms with Crippen LogP contribution in [0.3, 0.4) is 0 Å². The van der Waals surface area contributed by atoms with Gasteiger partial charge in [0.1, 0.15) is 30.5 Å². The van der Waals surface area contributed by atoms with Crippen molar-refractivity contribution in [1.82, 2.24) is 20.1 Å². The van der Waals surface area contributed by atoms with Gasteiger partial charge in [-0.25, -0.2) is 9.37 Å². The molecule has 0 bridgehead atoms. The van der Waals surface area contributed by atoms with Crippen molar-refractivity contribution in [2.24, 2.45) is 0 Å². The standard InChI is InChI=1S/C25H31FN4O3S/c1-17-27-23-12-22(6-7-24(23)34-17)32-16-21(31)14-30-10-8-29(9-11-30)13-20-15-33-25(28-20)18-2-4-19(26)5-3-18/h2-7,12,20-21,25,28,31H,8-11,13-16H2,1H3/t20-,21-,25-/m1/s1. The van der Waals surface area contributed by atoms with Crippen molar-refractivity contribution >= 4 is 21.6 Å². The van der Waals surface area contributed by atoms with E-state index in [0.29, 0.717) is 13.2 Å². The molecular weight excluding hydrogens is 455 g/mol. The van der Waals surface area contributed by atoms with Gasteiger partial charge in [-0.15, -0.1) is 11.3 Å². The molecule has 2 aromatic carbocycles. The van der Waals surface area contributed by atoms with E-state index < -0.39 is 6.10 Å². The highest BCUT2D eigenvalue weighted by atomic mass is 32.1. The lowest BCUT2D eigenvalue weighted by Gasteiger charge is -2.36. The van der Waals surface area contributed by atoms with Gasteiger partial charge in [-0.1, -0.05) is 12.1 Å². The Morgan fingerprint density at radius 2 is 1.94 bits per heavy atom. The molecule has 3 atom stereocenters. The number of rotatable bonds is 8. The van der Waals surface area contributed by atoms with E-state index in [9.17, 15) is 9.50 Å². The van der Waals surface area contributed by atoms with Gasteiger partial charge in [0.2, 0.25) is 0 Å². The molecule has 2 saturated heterocycles. The Kier molecular flexibility index (Phi) is 7.38. The molecule has 3 aromatic rings. The number of thiazole rings is 1. The summed E-state index contributed by atoms with van der Waals surface area (Å²) in [6.07, 6.45) is -0.719. The van der Waals surface area contributed by atoms with Crippen LogP contribution in [-0.2, 0) is 4.74 Å². The lowest BCUT2D eigenvalue weighted by atomic mass is 10.2. The Hall–Kier alpha value is -2.14. The van der Waals surface area contributed by atoms with Gasteiger partial charge in [-0.2, -0.15) is 0 Å². The second-order valence-electron chi connectivity index (χ2n) is 9.06. The van der Waals surface area contributed by atoms with E-state index in [1.807, 2.05) is 25.1 Å².